The molecule has 1 unspecified atom stereocenters. The Morgan fingerprint density at radius 2 is 2.10 bits per heavy atom. The predicted molar refractivity (Wildman–Crippen MR) is 70.8 cm³/mol. The van der Waals surface area contributed by atoms with Crippen LogP contribution in [0.2, 0.25) is 5.02 Å². The highest BCUT2D eigenvalue weighted by Crippen LogP contribution is 2.24. The molecular weight excluding hydrogens is 309 g/mol. The van der Waals surface area contributed by atoms with Crippen LogP contribution >= 0.6 is 11.6 Å². The number of allylic oxidation sites excluding steroid dienone is 1. The van der Waals surface area contributed by atoms with E-state index in [9.17, 15) is 23.1 Å². The minimum atomic E-state index is -4.41. The summed E-state index contributed by atoms with van der Waals surface area (Å²) in [6, 6.07) is 2.12. The number of alkyl halides is 3. The summed E-state index contributed by atoms with van der Waals surface area (Å²) in [5, 5.41) is 14.3. The second-order valence-corrected chi connectivity index (χ2v) is 4.70. The lowest BCUT2D eigenvalue weighted by Crippen LogP contribution is -2.40. The van der Waals surface area contributed by atoms with E-state index in [1.54, 1.807) is 0 Å². The van der Waals surface area contributed by atoms with Gasteiger partial charge in [0.1, 0.15) is 11.8 Å². The highest BCUT2D eigenvalue weighted by atomic mass is 35.5. The van der Waals surface area contributed by atoms with Crippen molar-refractivity contribution in [2.45, 2.75) is 12.2 Å². The maximum atomic E-state index is 12.4. The molecule has 1 aliphatic rings. The average molecular weight is 319 g/mol. The minimum absolute atomic E-state index is 0.0743. The lowest BCUT2D eigenvalue weighted by Gasteiger charge is -2.21. The summed E-state index contributed by atoms with van der Waals surface area (Å²) in [6.45, 7) is 0. The van der Waals surface area contributed by atoms with Crippen molar-refractivity contribution in [3.63, 3.8) is 0 Å². The van der Waals surface area contributed by atoms with Crippen LogP contribution in [0.15, 0.2) is 42.2 Å². The van der Waals surface area contributed by atoms with Crippen LogP contribution in [0.25, 0.3) is 0 Å². The van der Waals surface area contributed by atoms with Gasteiger partial charge in [-0.2, -0.15) is 13.2 Å². The van der Waals surface area contributed by atoms with Crippen LogP contribution in [0.1, 0.15) is 10.4 Å². The molecule has 0 saturated carbocycles. The van der Waals surface area contributed by atoms with Crippen molar-refractivity contribution in [3.8, 4) is 5.75 Å². The van der Waals surface area contributed by atoms with E-state index in [4.69, 9.17) is 11.6 Å². The Morgan fingerprint density at radius 1 is 1.38 bits per heavy atom. The lowest BCUT2D eigenvalue weighted by atomic mass is 10.1. The number of hydrogen-bond acceptors (Lipinski definition) is 3. The number of phenols is 1. The number of halogens is 4. The Labute approximate surface area is 122 Å². The number of rotatable bonds is 2. The number of benzene rings is 1. The molecule has 1 heterocycles. The van der Waals surface area contributed by atoms with Crippen molar-refractivity contribution in [1.82, 2.24) is 10.6 Å². The number of hydrogen-bond donors (Lipinski definition) is 3. The fourth-order valence-electron chi connectivity index (χ4n) is 1.65. The molecule has 4 nitrogen and oxygen atoms in total. The van der Waals surface area contributed by atoms with Crippen LogP contribution in [-0.2, 0) is 0 Å². The molecule has 1 aromatic carbocycles. The Balaban J connectivity index is 2.07. The first kappa shape index (κ1) is 15.2. The molecule has 112 valence electrons. The fourth-order valence-corrected chi connectivity index (χ4v) is 1.83. The number of carbonyl (C=O) groups excluding carboxylic acids is 1. The zero-order chi connectivity index (χ0) is 15.6. The van der Waals surface area contributed by atoms with E-state index in [2.05, 4.69) is 10.6 Å². The van der Waals surface area contributed by atoms with Gasteiger partial charge in [0.25, 0.3) is 5.91 Å². The van der Waals surface area contributed by atoms with Crippen LogP contribution in [-0.4, -0.2) is 23.2 Å². The first-order valence-corrected chi connectivity index (χ1v) is 6.16. The minimum Gasteiger partial charge on any atom is -0.507 e. The van der Waals surface area contributed by atoms with Gasteiger partial charge in [-0.1, -0.05) is 17.7 Å². The first-order chi connectivity index (χ1) is 9.77. The fraction of sp³-hybridized carbons (Fsp3) is 0.154. The Morgan fingerprint density at radius 3 is 2.67 bits per heavy atom. The summed E-state index contributed by atoms with van der Waals surface area (Å²) in [5.74, 6) is -0.962. The maximum absolute atomic E-state index is 12.4. The number of aromatic hydroxyl groups is 1. The van der Waals surface area contributed by atoms with Gasteiger partial charge >= 0.3 is 6.18 Å². The van der Waals surface area contributed by atoms with E-state index in [1.165, 1.54) is 18.2 Å². The van der Waals surface area contributed by atoms with Crippen LogP contribution in [0, 0.1) is 0 Å². The van der Waals surface area contributed by atoms with E-state index in [1.807, 2.05) is 0 Å². The molecule has 1 amide bonds. The first-order valence-electron chi connectivity index (χ1n) is 5.78. The topological polar surface area (TPSA) is 61.4 Å². The normalized spacial score (nSPS) is 17.9. The monoisotopic (exact) mass is 318 g/mol. The summed E-state index contributed by atoms with van der Waals surface area (Å²) >= 11 is 5.72. The van der Waals surface area contributed by atoms with Gasteiger partial charge in [-0.25, -0.2) is 0 Å². The largest absolute Gasteiger partial charge is 0.507 e. The molecule has 8 heteroatoms. The number of nitrogens with one attached hydrogen (secondary N) is 2. The Hall–Kier alpha value is -2.15. The van der Waals surface area contributed by atoms with Gasteiger partial charge in [0.05, 0.1) is 11.3 Å². The van der Waals surface area contributed by atoms with Gasteiger partial charge in [-0.3, -0.25) is 4.79 Å². The second kappa shape index (κ2) is 5.69. The van der Waals surface area contributed by atoms with Crippen LogP contribution in [0.5, 0.6) is 5.75 Å². The van der Waals surface area contributed by atoms with Crippen LogP contribution < -0.4 is 10.6 Å². The van der Waals surface area contributed by atoms with E-state index in [0.717, 1.165) is 18.4 Å². The van der Waals surface area contributed by atoms with Gasteiger partial charge in [0.2, 0.25) is 0 Å². The van der Waals surface area contributed by atoms with Gasteiger partial charge in [0, 0.05) is 11.2 Å². The zero-order valence-electron chi connectivity index (χ0n) is 10.4. The third-order valence-electron chi connectivity index (χ3n) is 2.70. The average Bonchev–Trinajstić information content (AvgIpc) is 2.41. The second-order valence-electron chi connectivity index (χ2n) is 4.26. The Bertz CT molecular complexity index is 626. The smallest absolute Gasteiger partial charge is 0.412 e. The maximum Gasteiger partial charge on any atom is 0.412 e. The number of dihydropyridines is 1. The van der Waals surface area contributed by atoms with Crippen molar-refractivity contribution in [1.29, 1.82) is 0 Å². The van der Waals surface area contributed by atoms with E-state index in [-0.39, 0.29) is 22.0 Å². The molecule has 21 heavy (non-hydrogen) atoms. The highest BCUT2D eigenvalue weighted by molar-refractivity contribution is 6.31. The molecule has 1 atom stereocenters. The summed E-state index contributed by atoms with van der Waals surface area (Å²) < 4.78 is 37.2. The van der Waals surface area contributed by atoms with E-state index in [0.29, 0.717) is 0 Å². The summed E-state index contributed by atoms with van der Waals surface area (Å²) in [6.07, 6.45) is -1.35. The molecular formula is C13H10ClF3N2O2. The Kier molecular flexibility index (Phi) is 4.13. The van der Waals surface area contributed by atoms with E-state index < -0.39 is 18.1 Å². The lowest BCUT2D eigenvalue weighted by molar-refractivity contribution is -0.142. The van der Waals surface area contributed by atoms with Crippen molar-refractivity contribution in [2.75, 3.05) is 0 Å². The molecule has 0 radical (unpaired) electrons. The SMILES string of the molecule is O=C(NC1=CNC(C(F)(F)F)C=C1)c1cc(Cl)ccc1O. The third kappa shape index (κ3) is 3.69. The highest BCUT2D eigenvalue weighted by Gasteiger charge is 2.38. The number of phenolic OH excluding ortho intramolecular Hbond substituents is 1. The van der Waals surface area contributed by atoms with E-state index >= 15 is 0 Å². The molecule has 0 aromatic heterocycles. The van der Waals surface area contributed by atoms with Crippen molar-refractivity contribution >= 4 is 17.5 Å². The van der Waals surface area contributed by atoms with Gasteiger partial charge in [-0.05, 0) is 24.3 Å². The summed E-state index contributed by atoms with van der Waals surface area (Å²) in [5.41, 5.74) is 0.0645. The standard InChI is InChI=1S/C13H10ClF3N2O2/c14-7-1-3-10(20)9(5-7)12(21)19-8-2-4-11(18-6-8)13(15,16)17/h1-6,11,18,20H,(H,19,21). The van der Waals surface area contributed by atoms with Crippen molar-refractivity contribution in [3.05, 3.63) is 52.8 Å². The third-order valence-corrected chi connectivity index (χ3v) is 2.94. The zero-order valence-corrected chi connectivity index (χ0v) is 11.2. The molecule has 0 saturated heterocycles. The number of amides is 1. The molecule has 1 aromatic rings. The quantitative estimate of drug-likeness (QED) is 0.785. The van der Waals surface area contributed by atoms with Gasteiger partial charge in [0.15, 0.2) is 0 Å². The molecule has 1 aliphatic heterocycles. The number of carbonyl (C=O) groups is 1. The predicted octanol–water partition coefficient (Wildman–Crippen LogP) is 2.71. The molecule has 0 aliphatic carbocycles. The molecule has 0 spiro atoms. The summed E-state index contributed by atoms with van der Waals surface area (Å²) in [7, 11) is 0. The van der Waals surface area contributed by atoms with Gasteiger partial charge < -0.3 is 15.7 Å². The molecule has 3 N–H and O–H groups in total. The van der Waals surface area contributed by atoms with Crippen LogP contribution in [0.4, 0.5) is 13.2 Å². The van der Waals surface area contributed by atoms with Gasteiger partial charge in [-0.15, -0.1) is 0 Å². The summed E-state index contributed by atoms with van der Waals surface area (Å²) in [4.78, 5) is 11.9. The van der Waals surface area contributed by atoms with Crippen molar-refractivity contribution in [2.24, 2.45) is 0 Å². The van der Waals surface area contributed by atoms with Crippen LogP contribution in [0.3, 0.4) is 0 Å². The molecule has 0 fully saturated rings. The van der Waals surface area contributed by atoms with Crippen molar-refractivity contribution < 1.29 is 23.1 Å². The molecule has 2 rings (SSSR count). The molecule has 0 bridgehead atoms.